The summed E-state index contributed by atoms with van der Waals surface area (Å²) in [6.07, 6.45) is 3.21. The van der Waals surface area contributed by atoms with E-state index in [4.69, 9.17) is 4.74 Å². The van der Waals surface area contributed by atoms with Crippen LogP contribution >= 0.6 is 22.6 Å². The van der Waals surface area contributed by atoms with Crippen LogP contribution in [0.5, 0.6) is 11.6 Å². The lowest BCUT2D eigenvalue weighted by molar-refractivity contribution is 0.457. The van der Waals surface area contributed by atoms with Crippen molar-refractivity contribution in [3.8, 4) is 22.8 Å². The fourth-order valence-electron chi connectivity index (χ4n) is 1.83. The van der Waals surface area contributed by atoms with Crippen LogP contribution in [0.3, 0.4) is 0 Å². The maximum Gasteiger partial charge on any atom is 0.235 e. The zero-order valence-corrected chi connectivity index (χ0v) is 12.7. The summed E-state index contributed by atoms with van der Waals surface area (Å²) in [5, 5.41) is 0. The lowest BCUT2D eigenvalue weighted by atomic mass is 10.1. The molecule has 20 heavy (non-hydrogen) atoms. The highest BCUT2D eigenvalue weighted by atomic mass is 127. The SMILES string of the molecule is Ic1cncnc1Oc1ccc(-c2ccccc2)cc1. The zero-order valence-electron chi connectivity index (χ0n) is 10.5. The first-order valence-corrected chi connectivity index (χ1v) is 7.19. The van der Waals surface area contributed by atoms with Crippen LogP contribution in [0.2, 0.25) is 0 Å². The van der Waals surface area contributed by atoms with Gasteiger partial charge in [0.25, 0.3) is 0 Å². The lowest BCUT2D eigenvalue weighted by Crippen LogP contribution is -1.91. The summed E-state index contributed by atoms with van der Waals surface area (Å²) in [6, 6.07) is 18.2. The van der Waals surface area contributed by atoms with Crippen LogP contribution in [0.15, 0.2) is 67.1 Å². The Hall–Kier alpha value is -1.95. The third-order valence-corrected chi connectivity index (χ3v) is 3.55. The molecule has 1 heterocycles. The average Bonchev–Trinajstić information content (AvgIpc) is 2.51. The van der Waals surface area contributed by atoms with Gasteiger partial charge in [0, 0.05) is 6.20 Å². The summed E-state index contributed by atoms with van der Waals surface area (Å²) in [5.74, 6) is 1.34. The van der Waals surface area contributed by atoms with Gasteiger partial charge < -0.3 is 4.74 Å². The van der Waals surface area contributed by atoms with E-state index in [1.807, 2.05) is 42.5 Å². The predicted octanol–water partition coefficient (Wildman–Crippen LogP) is 4.54. The number of benzene rings is 2. The van der Waals surface area contributed by atoms with Gasteiger partial charge in [0.2, 0.25) is 5.88 Å². The molecule has 4 heteroatoms. The smallest absolute Gasteiger partial charge is 0.235 e. The Morgan fingerprint density at radius 2 is 1.55 bits per heavy atom. The Labute approximate surface area is 130 Å². The van der Waals surface area contributed by atoms with E-state index < -0.39 is 0 Å². The van der Waals surface area contributed by atoms with E-state index in [1.54, 1.807) is 6.20 Å². The molecular weight excluding hydrogens is 363 g/mol. The van der Waals surface area contributed by atoms with E-state index in [0.29, 0.717) is 5.88 Å². The molecule has 3 rings (SSSR count). The molecule has 3 aromatic rings. The van der Waals surface area contributed by atoms with Gasteiger partial charge in [0.05, 0.1) is 3.57 Å². The topological polar surface area (TPSA) is 35.0 Å². The molecule has 0 N–H and O–H groups in total. The van der Waals surface area contributed by atoms with Gasteiger partial charge in [-0.1, -0.05) is 42.5 Å². The van der Waals surface area contributed by atoms with Gasteiger partial charge in [-0.05, 0) is 45.9 Å². The summed E-state index contributed by atoms with van der Waals surface area (Å²) in [4.78, 5) is 8.06. The molecule has 0 atom stereocenters. The number of hydrogen-bond acceptors (Lipinski definition) is 3. The van der Waals surface area contributed by atoms with Gasteiger partial charge in [-0.3, -0.25) is 0 Å². The first-order chi connectivity index (χ1) is 9.83. The Morgan fingerprint density at radius 1 is 0.850 bits per heavy atom. The van der Waals surface area contributed by atoms with Crippen LogP contribution in [-0.2, 0) is 0 Å². The van der Waals surface area contributed by atoms with Crippen LogP contribution in [0.4, 0.5) is 0 Å². The molecule has 0 spiro atoms. The molecule has 0 aliphatic carbocycles. The van der Waals surface area contributed by atoms with E-state index in [-0.39, 0.29) is 0 Å². The van der Waals surface area contributed by atoms with Gasteiger partial charge in [0.15, 0.2) is 0 Å². The van der Waals surface area contributed by atoms with Gasteiger partial charge in [-0.2, -0.15) is 0 Å². The molecule has 0 unspecified atom stereocenters. The predicted molar refractivity (Wildman–Crippen MR) is 86.7 cm³/mol. The Kier molecular flexibility index (Phi) is 3.92. The molecule has 3 nitrogen and oxygen atoms in total. The van der Waals surface area contributed by atoms with E-state index in [2.05, 4.69) is 44.7 Å². The summed E-state index contributed by atoms with van der Waals surface area (Å²) in [7, 11) is 0. The molecule has 1 aromatic heterocycles. The Balaban J connectivity index is 1.82. The maximum atomic E-state index is 5.74. The van der Waals surface area contributed by atoms with E-state index in [1.165, 1.54) is 11.9 Å². The van der Waals surface area contributed by atoms with Crippen molar-refractivity contribution in [2.24, 2.45) is 0 Å². The summed E-state index contributed by atoms with van der Waals surface area (Å²) in [5.41, 5.74) is 2.35. The third kappa shape index (κ3) is 2.96. The summed E-state index contributed by atoms with van der Waals surface area (Å²) >= 11 is 2.15. The minimum Gasteiger partial charge on any atom is -0.438 e. The highest BCUT2D eigenvalue weighted by Crippen LogP contribution is 2.26. The minimum absolute atomic E-state index is 0.577. The first-order valence-electron chi connectivity index (χ1n) is 6.12. The monoisotopic (exact) mass is 374 g/mol. The van der Waals surface area contributed by atoms with Crippen molar-refractivity contribution >= 4 is 22.6 Å². The maximum absolute atomic E-state index is 5.74. The Bertz CT molecular complexity index is 699. The average molecular weight is 374 g/mol. The van der Waals surface area contributed by atoms with Gasteiger partial charge >= 0.3 is 0 Å². The van der Waals surface area contributed by atoms with Crippen LogP contribution in [0, 0.1) is 3.57 Å². The van der Waals surface area contributed by atoms with Gasteiger partial charge in [-0.25, -0.2) is 9.97 Å². The molecule has 0 radical (unpaired) electrons. The van der Waals surface area contributed by atoms with Gasteiger partial charge in [0.1, 0.15) is 12.1 Å². The second-order valence-corrected chi connectivity index (χ2v) is 5.33. The van der Waals surface area contributed by atoms with Crippen molar-refractivity contribution in [3.05, 3.63) is 70.7 Å². The van der Waals surface area contributed by atoms with E-state index in [0.717, 1.165) is 14.9 Å². The molecular formula is C16H11IN2O. The third-order valence-electron chi connectivity index (χ3n) is 2.81. The van der Waals surface area contributed by atoms with E-state index >= 15 is 0 Å². The van der Waals surface area contributed by atoms with Crippen LogP contribution in [0.1, 0.15) is 0 Å². The standard InChI is InChI=1S/C16H11IN2O/c17-15-10-18-11-19-16(15)20-14-8-6-13(7-9-14)12-4-2-1-3-5-12/h1-11H. The van der Waals surface area contributed by atoms with Crippen molar-refractivity contribution in [2.75, 3.05) is 0 Å². The Morgan fingerprint density at radius 3 is 2.25 bits per heavy atom. The second kappa shape index (κ2) is 6.00. The largest absolute Gasteiger partial charge is 0.438 e. The fourth-order valence-corrected chi connectivity index (χ4v) is 2.24. The molecule has 98 valence electrons. The van der Waals surface area contributed by atoms with Gasteiger partial charge in [-0.15, -0.1) is 0 Å². The summed E-state index contributed by atoms with van der Waals surface area (Å²) < 4.78 is 6.63. The molecule has 0 saturated carbocycles. The van der Waals surface area contributed by atoms with Crippen LogP contribution < -0.4 is 4.74 Å². The molecule has 0 bridgehead atoms. The second-order valence-electron chi connectivity index (χ2n) is 4.17. The van der Waals surface area contributed by atoms with Crippen molar-refractivity contribution < 1.29 is 4.74 Å². The fraction of sp³-hybridized carbons (Fsp3) is 0. The summed E-state index contributed by atoms with van der Waals surface area (Å²) in [6.45, 7) is 0. The number of nitrogens with zero attached hydrogens (tertiary/aromatic N) is 2. The molecule has 2 aromatic carbocycles. The first kappa shape index (κ1) is 13.1. The van der Waals surface area contributed by atoms with Crippen molar-refractivity contribution in [2.45, 2.75) is 0 Å². The highest BCUT2D eigenvalue weighted by molar-refractivity contribution is 14.1. The number of aromatic nitrogens is 2. The van der Waals surface area contributed by atoms with Crippen LogP contribution in [0.25, 0.3) is 11.1 Å². The minimum atomic E-state index is 0.577. The van der Waals surface area contributed by atoms with Crippen molar-refractivity contribution in [1.29, 1.82) is 0 Å². The quantitative estimate of drug-likeness (QED) is 0.632. The molecule has 0 aliphatic rings. The zero-order chi connectivity index (χ0) is 13.8. The van der Waals surface area contributed by atoms with Crippen molar-refractivity contribution in [1.82, 2.24) is 9.97 Å². The lowest BCUT2D eigenvalue weighted by Gasteiger charge is -2.07. The number of ether oxygens (including phenoxy) is 1. The normalized spacial score (nSPS) is 10.2. The molecule has 0 saturated heterocycles. The highest BCUT2D eigenvalue weighted by Gasteiger charge is 2.04. The van der Waals surface area contributed by atoms with Crippen LogP contribution in [-0.4, -0.2) is 9.97 Å². The number of halogens is 1. The number of rotatable bonds is 3. The van der Waals surface area contributed by atoms with E-state index in [9.17, 15) is 0 Å². The number of hydrogen-bond donors (Lipinski definition) is 0. The molecule has 0 fully saturated rings. The molecule has 0 aliphatic heterocycles. The van der Waals surface area contributed by atoms with Crippen molar-refractivity contribution in [3.63, 3.8) is 0 Å². The molecule has 0 amide bonds.